The van der Waals surface area contributed by atoms with Gasteiger partial charge < -0.3 is 5.73 Å². The van der Waals surface area contributed by atoms with Crippen molar-refractivity contribution in [2.45, 2.75) is 19.8 Å². The van der Waals surface area contributed by atoms with Gasteiger partial charge in [0.1, 0.15) is 5.82 Å². The summed E-state index contributed by atoms with van der Waals surface area (Å²) in [7, 11) is 0. The van der Waals surface area contributed by atoms with Gasteiger partial charge in [0.15, 0.2) is 0 Å². The SMILES string of the molecule is C/C(=C/CCN)Cc1cccc(F)c1Br. The van der Waals surface area contributed by atoms with Crippen LogP contribution in [-0.4, -0.2) is 6.54 Å². The fourth-order valence-electron chi connectivity index (χ4n) is 1.39. The maximum absolute atomic E-state index is 13.2. The van der Waals surface area contributed by atoms with Crippen molar-refractivity contribution in [2.24, 2.45) is 5.73 Å². The minimum absolute atomic E-state index is 0.209. The first-order valence-corrected chi connectivity index (χ1v) is 5.73. The van der Waals surface area contributed by atoms with Crippen molar-refractivity contribution in [3.8, 4) is 0 Å². The van der Waals surface area contributed by atoms with Crippen LogP contribution in [-0.2, 0) is 6.42 Å². The lowest BCUT2D eigenvalue weighted by Crippen LogP contribution is -1.97. The molecule has 0 bridgehead atoms. The van der Waals surface area contributed by atoms with Crippen molar-refractivity contribution in [2.75, 3.05) is 6.54 Å². The number of benzene rings is 1. The summed E-state index contributed by atoms with van der Waals surface area (Å²) < 4.78 is 13.8. The van der Waals surface area contributed by atoms with Gasteiger partial charge in [-0.15, -0.1) is 0 Å². The molecule has 0 saturated heterocycles. The number of nitrogens with two attached hydrogens (primary N) is 1. The Morgan fingerprint density at radius 2 is 2.27 bits per heavy atom. The molecule has 0 aliphatic heterocycles. The molecule has 0 aliphatic rings. The van der Waals surface area contributed by atoms with Crippen molar-refractivity contribution in [3.05, 3.63) is 45.7 Å². The molecule has 1 aromatic carbocycles. The largest absolute Gasteiger partial charge is 0.330 e. The van der Waals surface area contributed by atoms with Crippen LogP contribution in [0.25, 0.3) is 0 Å². The molecule has 0 spiro atoms. The highest BCUT2D eigenvalue weighted by atomic mass is 79.9. The van der Waals surface area contributed by atoms with Crippen molar-refractivity contribution >= 4 is 15.9 Å². The van der Waals surface area contributed by atoms with E-state index in [2.05, 4.69) is 22.0 Å². The molecule has 0 atom stereocenters. The normalized spacial score (nSPS) is 11.9. The second-order valence-corrected chi connectivity index (χ2v) is 4.31. The van der Waals surface area contributed by atoms with Crippen molar-refractivity contribution in [1.82, 2.24) is 0 Å². The molecule has 0 amide bonds. The van der Waals surface area contributed by atoms with E-state index in [0.717, 1.165) is 18.4 Å². The van der Waals surface area contributed by atoms with E-state index in [0.29, 0.717) is 11.0 Å². The summed E-state index contributed by atoms with van der Waals surface area (Å²) in [6.45, 7) is 2.69. The molecule has 1 rings (SSSR count). The Labute approximate surface area is 98.3 Å². The molecule has 2 N–H and O–H groups in total. The van der Waals surface area contributed by atoms with Crippen LogP contribution in [0.1, 0.15) is 18.9 Å². The Hall–Kier alpha value is -0.670. The molecule has 0 aliphatic carbocycles. The van der Waals surface area contributed by atoms with Gasteiger partial charge in [0.25, 0.3) is 0 Å². The number of rotatable bonds is 4. The highest BCUT2D eigenvalue weighted by molar-refractivity contribution is 9.10. The van der Waals surface area contributed by atoms with E-state index in [-0.39, 0.29) is 5.82 Å². The topological polar surface area (TPSA) is 26.0 Å². The molecular formula is C12H15BrFN. The summed E-state index contributed by atoms with van der Waals surface area (Å²) in [4.78, 5) is 0. The number of hydrogen-bond donors (Lipinski definition) is 1. The third-order valence-corrected chi connectivity index (χ3v) is 3.05. The Kier molecular flexibility index (Phi) is 4.99. The first kappa shape index (κ1) is 12.4. The average Bonchev–Trinajstić information content (AvgIpc) is 2.22. The predicted octanol–water partition coefficient (Wildman–Crippen LogP) is 3.43. The van der Waals surface area contributed by atoms with Gasteiger partial charge in [0.2, 0.25) is 0 Å². The van der Waals surface area contributed by atoms with Gasteiger partial charge in [-0.1, -0.05) is 23.8 Å². The van der Waals surface area contributed by atoms with Gasteiger partial charge in [-0.2, -0.15) is 0 Å². The summed E-state index contributed by atoms with van der Waals surface area (Å²) in [5, 5.41) is 0. The quantitative estimate of drug-likeness (QED) is 0.835. The predicted molar refractivity (Wildman–Crippen MR) is 65.2 cm³/mol. The number of allylic oxidation sites excluding steroid dienone is 1. The van der Waals surface area contributed by atoms with Gasteiger partial charge in [-0.05, 0) is 53.9 Å². The first-order valence-electron chi connectivity index (χ1n) is 4.93. The molecule has 15 heavy (non-hydrogen) atoms. The monoisotopic (exact) mass is 271 g/mol. The van der Waals surface area contributed by atoms with E-state index in [1.165, 1.54) is 11.6 Å². The van der Waals surface area contributed by atoms with E-state index in [1.54, 1.807) is 6.07 Å². The summed E-state index contributed by atoms with van der Waals surface area (Å²) in [5.41, 5.74) is 7.60. The lowest BCUT2D eigenvalue weighted by molar-refractivity contribution is 0.618. The molecular weight excluding hydrogens is 257 g/mol. The molecule has 82 valence electrons. The van der Waals surface area contributed by atoms with Gasteiger partial charge in [0, 0.05) is 0 Å². The summed E-state index contributed by atoms with van der Waals surface area (Å²) in [5.74, 6) is -0.209. The molecule has 3 heteroatoms. The average molecular weight is 272 g/mol. The van der Waals surface area contributed by atoms with Gasteiger partial charge in [0.05, 0.1) is 4.47 Å². The second-order valence-electron chi connectivity index (χ2n) is 3.52. The summed E-state index contributed by atoms with van der Waals surface area (Å²) in [6, 6.07) is 5.10. The zero-order valence-electron chi connectivity index (χ0n) is 8.76. The fourth-order valence-corrected chi connectivity index (χ4v) is 1.79. The van der Waals surface area contributed by atoms with E-state index >= 15 is 0 Å². The van der Waals surface area contributed by atoms with Crippen molar-refractivity contribution in [1.29, 1.82) is 0 Å². The van der Waals surface area contributed by atoms with E-state index in [4.69, 9.17) is 5.73 Å². The third kappa shape index (κ3) is 3.76. The van der Waals surface area contributed by atoms with Crippen LogP contribution in [0.3, 0.4) is 0 Å². The highest BCUT2D eigenvalue weighted by Crippen LogP contribution is 2.22. The molecule has 0 aromatic heterocycles. The molecule has 0 heterocycles. The maximum Gasteiger partial charge on any atom is 0.137 e. The van der Waals surface area contributed by atoms with Crippen molar-refractivity contribution in [3.63, 3.8) is 0 Å². The Bertz CT molecular complexity index is 361. The Morgan fingerprint density at radius 1 is 1.53 bits per heavy atom. The van der Waals surface area contributed by atoms with Crippen LogP contribution in [0.2, 0.25) is 0 Å². The Balaban J connectivity index is 2.76. The Morgan fingerprint density at radius 3 is 2.93 bits per heavy atom. The van der Waals surface area contributed by atoms with Gasteiger partial charge in [-0.25, -0.2) is 4.39 Å². The van der Waals surface area contributed by atoms with Crippen LogP contribution >= 0.6 is 15.9 Å². The standard InChI is InChI=1S/C12H15BrFN/c1-9(4-3-7-15)8-10-5-2-6-11(14)12(10)13/h2,4-6H,3,7-8,15H2,1H3/b9-4-. The van der Waals surface area contributed by atoms with Crippen LogP contribution < -0.4 is 5.73 Å². The minimum Gasteiger partial charge on any atom is -0.330 e. The van der Waals surface area contributed by atoms with Gasteiger partial charge in [-0.3, -0.25) is 0 Å². The molecule has 0 fully saturated rings. The molecule has 0 unspecified atom stereocenters. The minimum atomic E-state index is -0.209. The first-order chi connectivity index (χ1) is 7.15. The van der Waals surface area contributed by atoms with E-state index < -0.39 is 0 Å². The van der Waals surface area contributed by atoms with Crippen molar-refractivity contribution < 1.29 is 4.39 Å². The smallest absolute Gasteiger partial charge is 0.137 e. The number of halogens is 2. The number of hydrogen-bond acceptors (Lipinski definition) is 1. The fraction of sp³-hybridized carbons (Fsp3) is 0.333. The lowest BCUT2D eigenvalue weighted by atomic mass is 10.1. The lowest BCUT2D eigenvalue weighted by Gasteiger charge is -2.05. The van der Waals surface area contributed by atoms with E-state index in [9.17, 15) is 4.39 Å². The second kappa shape index (κ2) is 6.03. The maximum atomic E-state index is 13.2. The van der Waals surface area contributed by atoms with Crippen LogP contribution in [0.5, 0.6) is 0 Å². The molecule has 1 aromatic rings. The zero-order valence-corrected chi connectivity index (χ0v) is 10.3. The summed E-state index contributed by atoms with van der Waals surface area (Å²) in [6.07, 6.45) is 3.73. The molecule has 0 saturated carbocycles. The molecule has 1 nitrogen and oxygen atoms in total. The van der Waals surface area contributed by atoms with Crippen LogP contribution in [0, 0.1) is 5.82 Å². The van der Waals surface area contributed by atoms with E-state index in [1.807, 2.05) is 13.0 Å². The summed E-state index contributed by atoms with van der Waals surface area (Å²) >= 11 is 3.25. The highest BCUT2D eigenvalue weighted by Gasteiger charge is 2.04. The van der Waals surface area contributed by atoms with Crippen LogP contribution in [0.15, 0.2) is 34.3 Å². The van der Waals surface area contributed by atoms with Gasteiger partial charge >= 0.3 is 0 Å². The third-order valence-electron chi connectivity index (χ3n) is 2.16. The van der Waals surface area contributed by atoms with Crippen LogP contribution in [0.4, 0.5) is 4.39 Å². The zero-order chi connectivity index (χ0) is 11.3. The molecule has 0 radical (unpaired) electrons.